The predicted molar refractivity (Wildman–Crippen MR) is 79.6 cm³/mol. The lowest BCUT2D eigenvalue weighted by molar-refractivity contribution is -0.136. The monoisotopic (exact) mass is 305 g/mol. The van der Waals surface area contributed by atoms with Crippen molar-refractivity contribution in [3.8, 4) is 0 Å². The van der Waals surface area contributed by atoms with Gasteiger partial charge in [-0.3, -0.25) is 4.79 Å². The Morgan fingerprint density at radius 1 is 1.45 bits per heavy atom. The first-order valence-corrected chi connectivity index (χ1v) is 8.89. The van der Waals surface area contributed by atoms with Gasteiger partial charge in [-0.15, -0.1) is 0 Å². The molecule has 1 fully saturated rings. The standard InChI is InChI=1S/C13H27N3O3S/c1-13(2,3)11(14)12(17)16-7-5-6-10(9-16)8-15-20(4,18)19/h10-11,15H,5-9,14H2,1-4H3. The molecule has 20 heavy (non-hydrogen) atoms. The molecule has 118 valence electrons. The van der Waals surface area contributed by atoms with Crippen LogP contribution in [-0.4, -0.2) is 51.2 Å². The molecule has 0 aromatic heterocycles. The van der Waals surface area contributed by atoms with E-state index in [9.17, 15) is 13.2 Å². The van der Waals surface area contributed by atoms with E-state index in [4.69, 9.17) is 5.73 Å². The molecule has 2 unspecified atom stereocenters. The Bertz CT molecular complexity index is 442. The van der Waals surface area contributed by atoms with Crippen molar-refractivity contribution in [2.24, 2.45) is 17.1 Å². The van der Waals surface area contributed by atoms with E-state index in [1.54, 1.807) is 4.90 Å². The van der Waals surface area contributed by atoms with Crippen molar-refractivity contribution in [1.82, 2.24) is 9.62 Å². The Morgan fingerprint density at radius 3 is 2.55 bits per heavy atom. The summed E-state index contributed by atoms with van der Waals surface area (Å²) in [7, 11) is -3.18. The number of hydrogen-bond acceptors (Lipinski definition) is 4. The number of amides is 1. The maximum atomic E-state index is 12.4. The van der Waals surface area contributed by atoms with Crippen molar-refractivity contribution in [2.45, 2.75) is 39.7 Å². The minimum absolute atomic E-state index is 0.0402. The normalized spacial score (nSPS) is 22.6. The second-order valence-electron chi connectivity index (χ2n) is 6.76. The molecule has 1 saturated heterocycles. The summed E-state index contributed by atoms with van der Waals surface area (Å²) in [5.41, 5.74) is 5.74. The van der Waals surface area contributed by atoms with Crippen molar-refractivity contribution in [3.63, 3.8) is 0 Å². The topological polar surface area (TPSA) is 92.5 Å². The zero-order chi connectivity index (χ0) is 15.6. The van der Waals surface area contributed by atoms with Crippen LogP contribution < -0.4 is 10.5 Å². The summed E-state index contributed by atoms with van der Waals surface area (Å²) in [6.45, 7) is 7.50. The minimum Gasteiger partial charge on any atom is -0.341 e. The van der Waals surface area contributed by atoms with Gasteiger partial charge in [0.15, 0.2) is 0 Å². The van der Waals surface area contributed by atoms with Gasteiger partial charge in [0.05, 0.1) is 12.3 Å². The molecular formula is C13H27N3O3S. The maximum Gasteiger partial charge on any atom is 0.240 e. The molecule has 6 nitrogen and oxygen atoms in total. The van der Waals surface area contributed by atoms with E-state index < -0.39 is 16.1 Å². The van der Waals surface area contributed by atoms with Crippen LogP contribution in [0.2, 0.25) is 0 Å². The van der Waals surface area contributed by atoms with Crippen molar-refractivity contribution in [1.29, 1.82) is 0 Å². The van der Waals surface area contributed by atoms with Crippen LogP contribution in [0, 0.1) is 11.3 Å². The molecule has 0 aromatic carbocycles. The molecule has 0 aromatic rings. The fraction of sp³-hybridized carbons (Fsp3) is 0.923. The van der Waals surface area contributed by atoms with Crippen LogP contribution in [0.3, 0.4) is 0 Å². The first kappa shape index (κ1) is 17.4. The van der Waals surface area contributed by atoms with E-state index in [-0.39, 0.29) is 17.2 Å². The summed E-state index contributed by atoms with van der Waals surface area (Å²) in [6.07, 6.45) is 2.96. The number of nitrogens with two attached hydrogens (primary N) is 1. The predicted octanol–water partition coefficient (Wildman–Crippen LogP) is 0.148. The number of nitrogens with one attached hydrogen (secondary N) is 1. The Labute approximate surface area is 122 Å². The van der Waals surface area contributed by atoms with E-state index in [0.29, 0.717) is 19.6 Å². The van der Waals surface area contributed by atoms with Crippen molar-refractivity contribution >= 4 is 15.9 Å². The van der Waals surface area contributed by atoms with E-state index in [2.05, 4.69) is 4.72 Å². The largest absolute Gasteiger partial charge is 0.341 e. The molecular weight excluding hydrogens is 278 g/mol. The highest BCUT2D eigenvalue weighted by atomic mass is 32.2. The molecule has 3 N–H and O–H groups in total. The summed E-state index contributed by atoms with van der Waals surface area (Å²) in [5, 5.41) is 0. The molecule has 1 heterocycles. The van der Waals surface area contributed by atoms with Crippen LogP contribution >= 0.6 is 0 Å². The van der Waals surface area contributed by atoms with Crippen LogP contribution in [0.5, 0.6) is 0 Å². The molecule has 0 spiro atoms. The van der Waals surface area contributed by atoms with Gasteiger partial charge in [-0.1, -0.05) is 20.8 Å². The molecule has 0 aliphatic carbocycles. The third kappa shape index (κ3) is 5.38. The SMILES string of the molecule is CC(C)(C)C(N)C(=O)N1CCCC(CNS(C)(=O)=O)C1. The molecule has 0 bridgehead atoms. The number of rotatable bonds is 4. The average Bonchev–Trinajstić information content (AvgIpc) is 2.33. The number of likely N-dealkylation sites (tertiary alicyclic amines) is 1. The molecule has 0 radical (unpaired) electrons. The third-order valence-corrected chi connectivity index (χ3v) is 4.35. The summed E-state index contributed by atoms with van der Waals surface area (Å²) in [6, 6.07) is -0.524. The van der Waals surface area contributed by atoms with Crippen LogP contribution in [0.15, 0.2) is 0 Å². The first-order chi connectivity index (χ1) is 9.00. The summed E-state index contributed by atoms with van der Waals surface area (Å²) >= 11 is 0. The number of piperidine rings is 1. The number of nitrogens with zero attached hydrogens (tertiary/aromatic N) is 1. The van der Waals surface area contributed by atoms with Crippen molar-refractivity contribution < 1.29 is 13.2 Å². The third-order valence-electron chi connectivity index (χ3n) is 3.66. The van der Waals surface area contributed by atoms with Crippen LogP contribution in [0.25, 0.3) is 0 Å². The molecule has 1 rings (SSSR count). The van der Waals surface area contributed by atoms with Gasteiger partial charge in [-0.25, -0.2) is 13.1 Å². The van der Waals surface area contributed by atoms with Crippen molar-refractivity contribution in [2.75, 3.05) is 25.9 Å². The van der Waals surface area contributed by atoms with Crippen LogP contribution in [-0.2, 0) is 14.8 Å². The molecule has 7 heteroatoms. The van der Waals surface area contributed by atoms with E-state index >= 15 is 0 Å². The minimum atomic E-state index is -3.18. The number of sulfonamides is 1. The highest BCUT2D eigenvalue weighted by molar-refractivity contribution is 7.88. The van der Waals surface area contributed by atoms with Crippen LogP contribution in [0.1, 0.15) is 33.6 Å². The van der Waals surface area contributed by atoms with Gasteiger partial charge in [0.2, 0.25) is 15.9 Å². The van der Waals surface area contributed by atoms with Gasteiger partial charge in [-0.2, -0.15) is 0 Å². The van der Waals surface area contributed by atoms with Crippen LogP contribution in [0.4, 0.5) is 0 Å². The fourth-order valence-electron chi connectivity index (χ4n) is 2.27. The van der Waals surface area contributed by atoms with Gasteiger partial charge in [-0.05, 0) is 24.2 Å². The van der Waals surface area contributed by atoms with Gasteiger partial charge in [0.25, 0.3) is 0 Å². The highest BCUT2D eigenvalue weighted by Gasteiger charge is 2.33. The van der Waals surface area contributed by atoms with Gasteiger partial charge < -0.3 is 10.6 Å². The lowest BCUT2D eigenvalue weighted by Gasteiger charge is -2.37. The summed E-state index contributed by atoms with van der Waals surface area (Å²) < 4.78 is 24.7. The van der Waals surface area contributed by atoms with Gasteiger partial charge in [0, 0.05) is 19.6 Å². The second kappa shape index (κ2) is 6.41. The molecule has 2 atom stereocenters. The lowest BCUT2D eigenvalue weighted by atomic mass is 9.86. The van der Waals surface area contributed by atoms with E-state index in [1.165, 1.54) is 0 Å². The molecule has 1 amide bonds. The van der Waals surface area contributed by atoms with E-state index in [0.717, 1.165) is 19.1 Å². The number of carbonyl (C=O) groups excluding carboxylic acids is 1. The van der Waals surface area contributed by atoms with Crippen molar-refractivity contribution in [3.05, 3.63) is 0 Å². The summed E-state index contributed by atoms with van der Waals surface area (Å²) in [4.78, 5) is 14.1. The molecule has 1 aliphatic rings. The maximum absolute atomic E-state index is 12.4. The summed E-state index contributed by atoms with van der Waals surface area (Å²) in [5.74, 6) is 0.121. The van der Waals surface area contributed by atoms with Gasteiger partial charge in [0.1, 0.15) is 0 Å². The molecule has 1 aliphatic heterocycles. The smallest absolute Gasteiger partial charge is 0.240 e. The highest BCUT2D eigenvalue weighted by Crippen LogP contribution is 2.22. The van der Waals surface area contributed by atoms with Gasteiger partial charge >= 0.3 is 0 Å². The number of carbonyl (C=O) groups is 1. The number of hydrogen-bond donors (Lipinski definition) is 2. The Kier molecular flexibility index (Phi) is 5.57. The van der Waals surface area contributed by atoms with E-state index in [1.807, 2.05) is 20.8 Å². The zero-order valence-electron chi connectivity index (χ0n) is 12.8. The zero-order valence-corrected chi connectivity index (χ0v) is 13.7. The quantitative estimate of drug-likeness (QED) is 0.773. The second-order valence-corrected chi connectivity index (χ2v) is 8.59. The Morgan fingerprint density at radius 2 is 2.05 bits per heavy atom. The Balaban J connectivity index is 2.58. The average molecular weight is 305 g/mol. The molecule has 0 saturated carbocycles. The fourth-order valence-corrected chi connectivity index (χ4v) is 2.81. The Hall–Kier alpha value is -0.660. The first-order valence-electron chi connectivity index (χ1n) is 6.99. The lowest BCUT2D eigenvalue weighted by Crippen LogP contribution is -2.53.